The number of rotatable bonds is 10. The van der Waals surface area contributed by atoms with E-state index in [4.69, 9.17) is 9.26 Å². The Morgan fingerprint density at radius 3 is 2.22 bits per heavy atom. The summed E-state index contributed by atoms with van der Waals surface area (Å²) in [6.07, 6.45) is 2.20. The van der Waals surface area contributed by atoms with Gasteiger partial charge in [0.2, 0.25) is 0 Å². The minimum absolute atomic E-state index is 0.320. The van der Waals surface area contributed by atoms with Gasteiger partial charge in [0, 0.05) is 6.42 Å². The van der Waals surface area contributed by atoms with Crippen molar-refractivity contribution in [3.8, 4) is 5.75 Å². The molecule has 5 nitrogen and oxygen atoms in total. The van der Waals surface area contributed by atoms with E-state index in [9.17, 15) is 9.69 Å². The molecule has 0 aliphatic rings. The molecule has 0 saturated heterocycles. The van der Waals surface area contributed by atoms with Crippen LogP contribution in [0.15, 0.2) is 65.4 Å². The van der Waals surface area contributed by atoms with Crippen LogP contribution in [0.25, 0.3) is 0 Å². The highest BCUT2D eigenvalue weighted by atomic mass is 31.1. The molecule has 27 heavy (non-hydrogen) atoms. The minimum atomic E-state index is -2.38. The molecule has 2 aromatic carbocycles. The fourth-order valence-electron chi connectivity index (χ4n) is 2.54. The van der Waals surface area contributed by atoms with Gasteiger partial charge in [-0.1, -0.05) is 80.0 Å². The lowest BCUT2D eigenvalue weighted by Gasteiger charge is -2.15. The summed E-state index contributed by atoms with van der Waals surface area (Å²) in [4.78, 5) is 24.9. The Labute approximate surface area is 162 Å². The van der Waals surface area contributed by atoms with Gasteiger partial charge in [0.25, 0.3) is 0 Å². The third-order valence-electron chi connectivity index (χ3n) is 4.32. The highest BCUT2D eigenvalue weighted by Gasteiger charge is 2.25. The molecule has 0 saturated carbocycles. The zero-order chi connectivity index (χ0) is 19.5. The Hall–Kier alpha value is -2.23. The third kappa shape index (κ3) is 7.49. The first-order valence-corrected chi connectivity index (χ1v) is 10.4. The van der Waals surface area contributed by atoms with E-state index in [-0.39, 0.29) is 0 Å². The summed E-state index contributed by atoms with van der Waals surface area (Å²) in [6.45, 7) is 4.49. The highest BCUT2D eigenvalue weighted by molar-refractivity contribution is 7.34. The molecule has 2 atom stereocenters. The predicted octanol–water partition coefficient (Wildman–Crippen LogP) is 4.51. The van der Waals surface area contributed by atoms with Gasteiger partial charge < -0.3 is 9.63 Å². The van der Waals surface area contributed by atoms with E-state index in [0.29, 0.717) is 24.7 Å². The lowest BCUT2D eigenvalue weighted by Crippen LogP contribution is -2.26. The van der Waals surface area contributed by atoms with Crippen LogP contribution in [-0.2, 0) is 16.0 Å². The maximum atomic E-state index is 12.6. The number of benzene rings is 2. The normalized spacial score (nSPS) is 12.7. The number of hydrogen-bond donors (Lipinski definition) is 0. The molecule has 0 heterocycles. The van der Waals surface area contributed by atoms with E-state index in [2.05, 4.69) is 18.6 Å². The second kappa shape index (κ2) is 11.5. The number of carbonyl (C=O) groups excluding carboxylic acids is 1. The lowest BCUT2D eigenvalue weighted by molar-refractivity contribution is -0.169. The molecule has 6 heteroatoms. The van der Waals surface area contributed by atoms with Crippen molar-refractivity contribution in [2.75, 3.05) is 6.61 Å². The molecule has 2 rings (SSSR count). The smallest absolute Gasteiger partial charge is 0.395 e. The summed E-state index contributed by atoms with van der Waals surface area (Å²) in [5, 5.41) is 0. The number of esters is 1. The molecule has 0 aliphatic heterocycles. The Morgan fingerprint density at radius 1 is 1.04 bits per heavy atom. The molecule has 0 amide bonds. The molecule has 0 aromatic heterocycles. The number of hydrogen-bond acceptors (Lipinski definition) is 5. The molecular weight excluding hydrogens is 361 g/mol. The summed E-state index contributed by atoms with van der Waals surface area (Å²) in [5.74, 6) is 0.303. The van der Waals surface area contributed by atoms with Crippen LogP contribution in [0.4, 0.5) is 0 Å². The van der Waals surface area contributed by atoms with Crippen LogP contribution in [0.5, 0.6) is 5.75 Å². The monoisotopic (exact) mass is 387 g/mol. The first-order valence-electron chi connectivity index (χ1n) is 9.24. The fraction of sp³-hybridized carbons (Fsp3) is 0.381. The van der Waals surface area contributed by atoms with Gasteiger partial charge in [0.1, 0.15) is 0 Å². The average Bonchev–Trinajstić information content (AvgIpc) is 2.69. The van der Waals surface area contributed by atoms with Gasteiger partial charge in [-0.2, -0.15) is 0 Å². The van der Waals surface area contributed by atoms with Crippen LogP contribution in [0.1, 0.15) is 32.3 Å². The second-order valence-electron chi connectivity index (χ2n) is 6.28. The predicted molar refractivity (Wildman–Crippen MR) is 105 cm³/mol. The van der Waals surface area contributed by atoms with Crippen molar-refractivity contribution in [2.24, 2.45) is 10.7 Å². The standard InChI is InChI=1S/C21H26NO4P/c1-3-17(4-2)16-25-21(23)20(15-18-11-7-5-8-12-18)22-27(24)26-19-13-9-6-10-14-19/h5-14,17,20H,3-4,15-16H2,1-2H3/t20-/m0/s1. The molecule has 144 valence electrons. The Balaban J connectivity index is 2.10. The van der Waals surface area contributed by atoms with Gasteiger partial charge in [-0.15, -0.1) is 0 Å². The number of ether oxygens (including phenoxy) is 1. The third-order valence-corrected chi connectivity index (χ3v) is 5.15. The molecule has 0 bridgehead atoms. The maximum Gasteiger partial charge on any atom is 0.395 e. The molecule has 0 N–H and O–H groups in total. The summed E-state index contributed by atoms with van der Waals surface area (Å²) in [5.41, 5.74) is 0.925. The van der Waals surface area contributed by atoms with E-state index < -0.39 is 20.2 Å². The SMILES string of the molecule is CCC(CC)COC(=O)[C@H](Cc1ccccc1)N=[P+]([O-])Oc1ccccc1. The van der Waals surface area contributed by atoms with Crippen LogP contribution in [0.2, 0.25) is 0 Å². The molecule has 0 fully saturated rings. The summed E-state index contributed by atoms with van der Waals surface area (Å²) < 4.78 is 14.9. The zero-order valence-electron chi connectivity index (χ0n) is 15.8. The summed E-state index contributed by atoms with van der Waals surface area (Å²) >= 11 is 0. The number of carbonyl (C=O) groups is 1. The molecule has 0 radical (unpaired) electrons. The maximum absolute atomic E-state index is 12.6. The largest absolute Gasteiger partial charge is 0.575 e. The van der Waals surface area contributed by atoms with E-state index in [1.807, 2.05) is 36.4 Å². The fourth-order valence-corrected chi connectivity index (χ4v) is 3.29. The van der Waals surface area contributed by atoms with Crippen molar-refractivity contribution >= 4 is 14.1 Å². The molecule has 0 spiro atoms. The van der Waals surface area contributed by atoms with Crippen LogP contribution in [0.3, 0.4) is 0 Å². The van der Waals surface area contributed by atoms with E-state index in [1.54, 1.807) is 24.3 Å². The minimum Gasteiger partial charge on any atom is -0.575 e. The average molecular weight is 387 g/mol. The van der Waals surface area contributed by atoms with Crippen molar-refractivity contribution in [1.29, 1.82) is 0 Å². The molecular formula is C21H26NO4P. The molecule has 0 aliphatic carbocycles. The van der Waals surface area contributed by atoms with Crippen molar-refractivity contribution in [2.45, 2.75) is 39.2 Å². The molecule has 1 unspecified atom stereocenters. The van der Waals surface area contributed by atoms with Crippen molar-refractivity contribution in [3.05, 3.63) is 66.2 Å². The van der Waals surface area contributed by atoms with Crippen LogP contribution < -0.4 is 9.42 Å². The summed E-state index contributed by atoms with van der Waals surface area (Å²) in [6, 6.07) is 17.4. The van der Waals surface area contributed by atoms with Crippen molar-refractivity contribution in [1.82, 2.24) is 0 Å². The first kappa shape index (κ1) is 21.1. The summed E-state index contributed by atoms with van der Waals surface area (Å²) in [7, 11) is -2.38. The van der Waals surface area contributed by atoms with Gasteiger partial charge in [0.15, 0.2) is 11.8 Å². The number of nitrogens with zero attached hydrogens (tertiary/aromatic N) is 1. The van der Waals surface area contributed by atoms with Gasteiger partial charge >= 0.3 is 14.1 Å². The van der Waals surface area contributed by atoms with Crippen LogP contribution in [0, 0.1) is 5.92 Å². The van der Waals surface area contributed by atoms with E-state index in [0.717, 1.165) is 18.4 Å². The number of para-hydroxylation sites is 1. The van der Waals surface area contributed by atoms with Gasteiger partial charge in [-0.3, -0.25) is 4.52 Å². The van der Waals surface area contributed by atoms with Gasteiger partial charge in [-0.05, 0) is 23.6 Å². The molecule has 2 aromatic rings. The lowest BCUT2D eigenvalue weighted by atomic mass is 10.0. The van der Waals surface area contributed by atoms with Crippen LogP contribution in [-0.4, -0.2) is 18.6 Å². The van der Waals surface area contributed by atoms with E-state index in [1.165, 1.54) is 0 Å². The van der Waals surface area contributed by atoms with Crippen LogP contribution >= 0.6 is 8.17 Å². The van der Waals surface area contributed by atoms with Crippen molar-refractivity contribution < 1.29 is 18.9 Å². The Bertz CT molecular complexity index is 717. The van der Waals surface area contributed by atoms with Crippen molar-refractivity contribution in [3.63, 3.8) is 0 Å². The highest BCUT2D eigenvalue weighted by Crippen LogP contribution is 2.25. The zero-order valence-corrected chi connectivity index (χ0v) is 16.7. The van der Waals surface area contributed by atoms with Gasteiger partial charge in [0.05, 0.1) is 6.61 Å². The Morgan fingerprint density at radius 2 is 1.63 bits per heavy atom. The Kier molecular flexibility index (Phi) is 8.96. The van der Waals surface area contributed by atoms with E-state index >= 15 is 0 Å². The van der Waals surface area contributed by atoms with Gasteiger partial charge in [-0.25, -0.2) is 4.79 Å². The topological polar surface area (TPSA) is 71.0 Å². The quantitative estimate of drug-likeness (QED) is 0.444. The second-order valence-corrected chi connectivity index (χ2v) is 7.16. The first-order chi connectivity index (χ1) is 13.1.